The summed E-state index contributed by atoms with van der Waals surface area (Å²) in [6.07, 6.45) is 2.42. The van der Waals surface area contributed by atoms with Gasteiger partial charge in [0.15, 0.2) is 0 Å². The molecule has 3 heteroatoms. The highest BCUT2D eigenvalue weighted by molar-refractivity contribution is 5.81. The molecule has 0 spiro atoms. The summed E-state index contributed by atoms with van der Waals surface area (Å²) in [6.45, 7) is 9.33. The molecule has 1 aliphatic carbocycles. The second kappa shape index (κ2) is 5.45. The fraction of sp³-hybridized carbons (Fsp3) is 0.611. The fourth-order valence-corrected chi connectivity index (χ4v) is 4.02. The summed E-state index contributed by atoms with van der Waals surface area (Å²) in [5.41, 5.74) is 3.79. The van der Waals surface area contributed by atoms with Crippen LogP contribution < -0.4 is 5.32 Å². The Balaban J connectivity index is 1.92. The van der Waals surface area contributed by atoms with Gasteiger partial charge in [-0.15, -0.1) is 0 Å². The smallest absolute Gasteiger partial charge is 0.238 e. The number of carbonyl (C=O) groups excluding carboxylic acids is 1. The molecule has 1 aliphatic heterocycles. The Hall–Kier alpha value is -1.35. The van der Waals surface area contributed by atoms with E-state index in [4.69, 9.17) is 0 Å². The van der Waals surface area contributed by atoms with Gasteiger partial charge in [0.2, 0.25) is 5.91 Å². The predicted molar refractivity (Wildman–Crippen MR) is 84.9 cm³/mol. The quantitative estimate of drug-likeness (QED) is 0.905. The van der Waals surface area contributed by atoms with Gasteiger partial charge in [0, 0.05) is 6.04 Å². The van der Waals surface area contributed by atoms with Crippen LogP contribution in [0.2, 0.25) is 0 Å². The van der Waals surface area contributed by atoms with Crippen molar-refractivity contribution in [2.75, 3.05) is 6.54 Å². The molecule has 0 radical (unpaired) electrons. The zero-order valence-corrected chi connectivity index (χ0v) is 13.5. The topological polar surface area (TPSA) is 32.3 Å². The first-order chi connectivity index (χ1) is 9.99. The SMILES string of the molecule is Cc1ccc(C2NCC(=O)N2C2CCC(C)C2C)c(C)c1. The van der Waals surface area contributed by atoms with E-state index in [0.29, 0.717) is 24.4 Å². The van der Waals surface area contributed by atoms with Crippen molar-refractivity contribution >= 4 is 5.91 Å². The van der Waals surface area contributed by atoms with Gasteiger partial charge >= 0.3 is 0 Å². The molecule has 4 atom stereocenters. The Morgan fingerprint density at radius 2 is 1.95 bits per heavy atom. The van der Waals surface area contributed by atoms with Crippen LogP contribution in [0, 0.1) is 25.7 Å². The Labute approximate surface area is 127 Å². The Bertz CT molecular complexity index is 554. The summed E-state index contributed by atoms with van der Waals surface area (Å²) in [5, 5.41) is 3.42. The number of benzene rings is 1. The third-order valence-corrected chi connectivity index (χ3v) is 5.51. The maximum absolute atomic E-state index is 12.4. The van der Waals surface area contributed by atoms with E-state index >= 15 is 0 Å². The van der Waals surface area contributed by atoms with E-state index in [-0.39, 0.29) is 12.1 Å². The van der Waals surface area contributed by atoms with Gasteiger partial charge in [-0.2, -0.15) is 0 Å². The van der Waals surface area contributed by atoms with Crippen molar-refractivity contribution in [1.29, 1.82) is 0 Å². The first kappa shape index (κ1) is 14.6. The van der Waals surface area contributed by atoms with Gasteiger partial charge in [-0.3, -0.25) is 10.1 Å². The molecular formula is C18H26N2O. The minimum atomic E-state index is 0.0517. The van der Waals surface area contributed by atoms with Crippen LogP contribution in [-0.2, 0) is 4.79 Å². The molecule has 114 valence electrons. The molecule has 3 rings (SSSR count). The summed E-state index contributed by atoms with van der Waals surface area (Å²) in [7, 11) is 0. The Kier molecular flexibility index (Phi) is 3.78. The lowest BCUT2D eigenvalue weighted by atomic mass is 9.95. The number of nitrogens with zero attached hydrogens (tertiary/aromatic N) is 1. The first-order valence-corrected chi connectivity index (χ1v) is 8.10. The molecular weight excluding hydrogens is 260 g/mol. The monoisotopic (exact) mass is 286 g/mol. The predicted octanol–water partition coefficient (Wildman–Crippen LogP) is 3.17. The average Bonchev–Trinajstić information content (AvgIpc) is 2.95. The van der Waals surface area contributed by atoms with Crippen LogP contribution >= 0.6 is 0 Å². The minimum absolute atomic E-state index is 0.0517. The van der Waals surface area contributed by atoms with Crippen LogP contribution in [0.1, 0.15) is 49.5 Å². The van der Waals surface area contributed by atoms with Crippen molar-refractivity contribution in [3.05, 3.63) is 34.9 Å². The zero-order valence-electron chi connectivity index (χ0n) is 13.5. The second-order valence-corrected chi connectivity index (χ2v) is 6.93. The summed E-state index contributed by atoms with van der Waals surface area (Å²) in [6, 6.07) is 6.91. The molecule has 1 aromatic carbocycles. The molecule has 1 N–H and O–H groups in total. The van der Waals surface area contributed by atoms with Gasteiger partial charge in [-0.1, -0.05) is 37.6 Å². The summed E-state index contributed by atoms with van der Waals surface area (Å²) >= 11 is 0. The molecule has 1 saturated carbocycles. The minimum Gasteiger partial charge on any atom is -0.319 e. The Morgan fingerprint density at radius 3 is 2.57 bits per heavy atom. The van der Waals surface area contributed by atoms with Gasteiger partial charge in [-0.25, -0.2) is 0 Å². The van der Waals surface area contributed by atoms with E-state index in [1.165, 1.54) is 23.1 Å². The van der Waals surface area contributed by atoms with Crippen LogP contribution in [0.3, 0.4) is 0 Å². The van der Waals surface area contributed by atoms with E-state index in [1.54, 1.807) is 0 Å². The molecule has 4 unspecified atom stereocenters. The van der Waals surface area contributed by atoms with Gasteiger partial charge in [-0.05, 0) is 49.7 Å². The summed E-state index contributed by atoms with van der Waals surface area (Å²) < 4.78 is 0. The zero-order chi connectivity index (χ0) is 15.1. The largest absolute Gasteiger partial charge is 0.319 e. The third kappa shape index (κ3) is 2.48. The van der Waals surface area contributed by atoms with Crippen molar-refractivity contribution < 1.29 is 4.79 Å². The molecule has 1 heterocycles. The number of amides is 1. The van der Waals surface area contributed by atoms with E-state index in [2.05, 4.69) is 56.1 Å². The van der Waals surface area contributed by atoms with Gasteiger partial charge < -0.3 is 4.90 Å². The molecule has 0 bridgehead atoms. The van der Waals surface area contributed by atoms with Crippen molar-refractivity contribution in [1.82, 2.24) is 10.2 Å². The highest BCUT2D eigenvalue weighted by Crippen LogP contribution is 2.39. The lowest BCUT2D eigenvalue weighted by molar-refractivity contribution is -0.131. The van der Waals surface area contributed by atoms with Crippen LogP contribution in [0.5, 0.6) is 0 Å². The third-order valence-electron chi connectivity index (χ3n) is 5.51. The van der Waals surface area contributed by atoms with E-state index in [0.717, 1.165) is 6.42 Å². The molecule has 1 saturated heterocycles. The molecule has 2 fully saturated rings. The highest BCUT2D eigenvalue weighted by Gasteiger charge is 2.43. The summed E-state index contributed by atoms with van der Waals surface area (Å²) in [4.78, 5) is 14.6. The molecule has 21 heavy (non-hydrogen) atoms. The van der Waals surface area contributed by atoms with Crippen molar-refractivity contribution in [2.45, 2.75) is 52.7 Å². The number of nitrogens with one attached hydrogen (secondary N) is 1. The molecule has 3 nitrogen and oxygen atoms in total. The van der Waals surface area contributed by atoms with Crippen LogP contribution in [0.15, 0.2) is 18.2 Å². The maximum Gasteiger partial charge on any atom is 0.238 e. The number of hydrogen-bond donors (Lipinski definition) is 1. The van der Waals surface area contributed by atoms with Gasteiger partial charge in [0.25, 0.3) is 0 Å². The number of carbonyl (C=O) groups is 1. The highest BCUT2D eigenvalue weighted by atomic mass is 16.2. The lowest BCUT2D eigenvalue weighted by Gasteiger charge is -2.34. The van der Waals surface area contributed by atoms with E-state index in [9.17, 15) is 4.79 Å². The second-order valence-electron chi connectivity index (χ2n) is 6.93. The first-order valence-electron chi connectivity index (χ1n) is 8.10. The summed E-state index contributed by atoms with van der Waals surface area (Å²) in [5.74, 6) is 1.55. The van der Waals surface area contributed by atoms with E-state index < -0.39 is 0 Å². The maximum atomic E-state index is 12.4. The lowest BCUT2D eigenvalue weighted by Crippen LogP contribution is -2.42. The van der Waals surface area contributed by atoms with Crippen molar-refractivity contribution in [3.8, 4) is 0 Å². The number of aryl methyl sites for hydroxylation is 2. The van der Waals surface area contributed by atoms with Crippen molar-refractivity contribution in [2.24, 2.45) is 11.8 Å². The van der Waals surface area contributed by atoms with E-state index in [1.807, 2.05) is 0 Å². The van der Waals surface area contributed by atoms with Gasteiger partial charge in [0.05, 0.1) is 6.54 Å². The van der Waals surface area contributed by atoms with Gasteiger partial charge in [0.1, 0.15) is 6.17 Å². The standard InChI is InChI=1S/C18H26N2O/c1-11-5-7-15(13(3)9-11)18-19-10-17(21)20(18)16-8-6-12(2)14(16)4/h5,7,9,12,14,16,18-19H,6,8,10H2,1-4H3. The van der Waals surface area contributed by atoms with Crippen molar-refractivity contribution in [3.63, 3.8) is 0 Å². The molecule has 2 aliphatic rings. The average molecular weight is 286 g/mol. The molecule has 1 amide bonds. The Morgan fingerprint density at radius 1 is 1.19 bits per heavy atom. The van der Waals surface area contributed by atoms with Crippen LogP contribution in [0.4, 0.5) is 0 Å². The fourth-order valence-electron chi connectivity index (χ4n) is 4.02. The number of rotatable bonds is 2. The van der Waals surface area contributed by atoms with Crippen LogP contribution in [0.25, 0.3) is 0 Å². The molecule has 0 aromatic heterocycles. The number of hydrogen-bond acceptors (Lipinski definition) is 2. The van der Waals surface area contributed by atoms with Crippen LogP contribution in [-0.4, -0.2) is 23.4 Å². The molecule has 1 aromatic rings. The normalized spacial score (nSPS) is 33.0.